The van der Waals surface area contributed by atoms with Crippen LogP contribution in [0.3, 0.4) is 0 Å². The molecule has 6 nitrogen and oxygen atoms in total. The Morgan fingerprint density at radius 1 is 1.13 bits per heavy atom. The number of phenolic OH excluding ortho intramolecular Hbond substituents is 1. The minimum Gasteiger partial charge on any atom is -0.508 e. The lowest BCUT2D eigenvalue weighted by Gasteiger charge is -2.20. The molecule has 5 rings (SSSR count). The molecule has 1 spiro atoms. The van der Waals surface area contributed by atoms with E-state index in [4.69, 9.17) is 0 Å². The predicted octanol–water partition coefficient (Wildman–Crippen LogP) is 4.51. The van der Waals surface area contributed by atoms with Crippen LogP contribution < -0.4 is 4.90 Å². The molecule has 6 heteroatoms. The summed E-state index contributed by atoms with van der Waals surface area (Å²) in [5.74, 6) is 0.901. The molecule has 1 aliphatic carbocycles. The Balaban J connectivity index is 1.48. The molecule has 1 fully saturated rings. The van der Waals surface area contributed by atoms with E-state index in [1.165, 1.54) is 5.56 Å². The maximum atomic E-state index is 12.8. The molecule has 0 radical (unpaired) electrons. The summed E-state index contributed by atoms with van der Waals surface area (Å²) in [6, 6.07) is 13.2. The number of aromatic hydroxyl groups is 1. The Labute approximate surface area is 182 Å². The molecule has 2 aliphatic rings. The van der Waals surface area contributed by atoms with Gasteiger partial charge >= 0.3 is 0 Å². The van der Waals surface area contributed by atoms with Gasteiger partial charge in [0.05, 0.1) is 0 Å². The Bertz CT molecular complexity index is 1140. The Morgan fingerprint density at radius 2 is 1.90 bits per heavy atom. The van der Waals surface area contributed by atoms with Gasteiger partial charge in [-0.2, -0.15) is 0 Å². The molecule has 0 saturated heterocycles. The smallest absolute Gasteiger partial charge is 0.253 e. The minimum absolute atomic E-state index is 0.0431. The third kappa shape index (κ3) is 3.42. The lowest BCUT2D eigenvalue weighted by Crippen LogP contribution is -2.27. The highest BCUT2D eigenvalue weighted by molar-refractivity contribution is 5.96. The van der Waals surface area contributed by atoms with E-state index in [9.17, 15) is 9.90 Å². The third-order valence-electron chi connectivity index (χ3n) is 6.39. The van der Waals surface area contributed by atoms with Crippen molar-refractivity contribution in [1.82, 2.24) is 14.9 Å². The number of nitrogens with zero attached hydrogens (tertiary/aromatic N) is 4. The lowest BCUT2D eigenvalue weighted by molar-refractivity contribution is 0.0795. The number of carbonyl (C=O) groups excluding carboxylic acids is 1. The summed E-state index contributed by atoms with van der Waals surface area (Å²) in [6.45, 7) is 3.66. The zero-order valence-corrected chi connectivity index (χ0v) is 17.9. The van der Waals surface area contributed by atoms with Crippen molar-refractivity contribution in [1.29, 1.82) is 0 Å². The second-order valence-electron chi connectivity index (χ2n) is 8.65. The van der Waals surface area contributed by atoms with Gasteiger partial charge in [0.25, 0.3) is 5.91 Å². The van der Waals surface area contributed by atoms with E-state index in [-0.39, 0.29) is 17.1 Å². The van der Waals surface area contributed by atoms with E-state index in [0.29, 0.717) is 11.5 Å². The maximum absolute atomic E-state index is 12.8. The van der Waals surface area contributed by atoms with Crippen molar-refractivity contribution in [2.24, 2.45) is 0 Å². The molecule has 2 aromatic carbocycles. The van der Waals surface area contributed by atoms with Gasteiger partial charge in [-0.05, 0) is 54.7 Å². The van der Waals surface area contributed by atoms with E-state index in [0.717, 1.165) is 49.2 Å². The highest BCUT2D eigenvalue weighted by atomic mass is 16.3. The molecule has 3 aromatic rings. The SMILES string of the molecule is CCCN(C)C(=O)c1ccc2c(c1)N(c1ncc(-c3cccc(O)c3)cn1)CC21CC1. The van der Waals surface area contributed by atoms with Gasteiger partial charge in [0.1, 0.15) is 5.75 Å². The molecule has 0 atom stereocenters. The summed E-state index contributed by atoms with van der Waals surface area (Å²) in [5, 5.41) is 9.74. The number of anilines is 2. The van der Waals surface area contributed by atoms with Crippen molar-refractivity contribution in [2.45, 2.75) is 31.6 Å². The number of aromatic nitrogens is 2. The van der Waals surface area contributed by atoms with E-state index in [2.05, 4.69) is 27.9 Å². The molecule has 1 saturated carbocycles. The summed E-state index contributed by atoms with van der Waals surface area (Å²) in [7, 11) is 1.85. The molecule has 2 heterocycles. The van der Waals surface area contributed by atoms with Crippen LogP contribution >= 0.6 is 0 Å². The number of fused-ring (bicyclic) bond motifs is 2. The van der Waals surface area contributed by atoms with E-state index in [1.807, 2.05) is 25.2 Å². The van der Waals surface area contributed by atoms with Crippen LogP contribution in [0.5, 0.6) is 5.75 Å². The summed E-state index contributed by atoms with van der Waals surface area (Å²) in [5.41, 5.74) is 4.93. The molecular formula is C25H26N4O2. The van der Waals surface area contributed by atoms with Crippen LogP contribution in [0.4, 0.5) is 11.6 Å². The maximum Gasteiger partial charge on any atom is 0.253 e. The largest absolute Gasteiger partial charge is 0.508 e. The first-order valence-corrected chi connectivity index (χ1v) is 10.8. The molecule has 1 aliphatic heterocycles. The van der Waals surface area contributed by atoms with Crippen LogP contribution in [0.25, 0.3) is 11.1 Å². The number of hydrogen-bond acceptors (Lipinski definition) is 5. The molecule has 31 heavy (non-hydrogen) atoms. The highest BCUT2D eigenvalue weighted by Crippen LogP contribution is 2.57. The fourth-order valence-corrected chi connectivity index (χ4v) is 4.52. The quantitative estimate of drug-likeness (QED) is 0.665. The molecular weight excluding hydrogens is 388 g/mol. The number of phenols is 1. The topological polar surface area (TPSA) is 69.6 Å². The van der Waals surface area contributed by atoms with E-state index >= 15 is 0 Å². The minimum atomic E-state index is 0.0431. The number of benzene rings is 2. The number of amides is 1. The van der Waals surface area contributed by atoms with Gasteiger partial charge in [0.2, 0.25) is 5.95 Å². The zero-order valence-electron chi connectivity index (χ0n) is 17.9. The predicted molar refractivity (Wildman–Crippen MR) is 121 cm³/mol. The average Bonchev–Trinajstić information content (AvgIpc) is 3.50. The van der Waals surface area contributed by atoms with Crippen LogP contribution in [0.2, 0.25) is 0 Å². The van der Waals surface area contributed by atoms with Gasteiger partial charge in [-0.3, -0.25) is 4.79 Å². The normalized spacial score (nSPS) is 15.7. The second-order valence-corrected chi connectivity index (χ2v) is 8.65. The van der Waals surface area contributed by atoms with Crippen molar-refractivity contribution in [3.8, 4) is 16.9 Å². The van der Waals surface area contributed by atoms with Crippen molar-refractivity contribution < 1.29 is 9.90 Å². The summed E-state index contributed by atoms with van der Waals surface area (Å²) in [6.07, 6.45) is 6.82. The molecule has 158 valence electrons. The Morgan fingerprint density at radius 3 is 2.58 bits per heavy atom. The van der Waals surface area contributed by atoms with Crippen molar-refractivity contribution in [3.05, 3.63) is 66.0 Å². The number of carbonyl (C=O) groups is 1. The van der Waals surface area contributed by atoms with Crippen molar-refractivity contribution in [3.63, 3.8) is 0 Å². The van der Waals surface area contributed by atoms with Crippen molar-refractivity contribution >= 4 is 17.5 Å². The van der Waals surface area contributed by atoms with E-state index < -0.39 is 0 Å². The van der Waals surface area contributed by atoms with Crippen LogP contribution in [-0.2, 0) is 5.41 Å². The first kappa shape index (κ1) is 19.5. The van der Waals surface area contributed by atoms with Gasteiger partial charge in [-0.25, -0.2) is 9.97 Å². The Kier molecular flexibility index (Phi) is 4.65. The van der Waals surface area contributed by atoms with Crippen LogP contribution in [0, 0.1) is 0 Å². The fourth-order valence-electron chi connectivity index (χ4n) is 4.52. The summed E-state index contributed by atoms with van der Waals surface area (Å²) < 4.78 is 0. The standard InChI is InChI=1S/C25H26N4O2/c1-3-11-28(2)23(31)18-7-8-21-22(13-18)29(16-25(21)9-10-25)24-26-14-19(15-27-24)17-5-4-6-20(30)12-17/h4-8,12-15,30H,3,9-11,16H2,1-2H3. The average molecular weight is 415 g/mol. The highest BCUT2D eigenvalue weighted by Gasteiger charge is 2.52. The summed E-state index contributed by atoms with van der Waals surface area (Å²) >= 11 is 0. The van der Waals surface area contributed by atoms with Gasteiger partial charge in [0.15, 0.2) is 0 Å². The monoisotopic (exact) mass is 414 g/mol. The third-order valence-corrected chi connectivity index (χ3v) is 6.39. The fraction of sp³-hybridized carbons (Fsp3) is 0.320. The number of rotatable bonds is 5. The van der Waals surface area contributed by atoms with Gasteiger partial charge < -0.3 is 14.9 Å². The van der Waals surface area contributed by atoms with Crippen molar-refractivity contribution in [2.75, 3.05) is 25.0 Å². The Hall–Kier alpha value is -3.41. The molecule has 1 N–H and O–H groups in total. The first-order chi connectivity index (χ1) is 15.0. The molecule has 0 unspecified atom stereocenters. The van der Waals surface area contributed by atoms with E-state index in [1.54, 1.807) is 35.5 Å². The van der Waals surface area contributed by atoms with Gasteiger partial charge in [0, 0.05) is 54.8 Å². The lowest BCUT2D eigenvalue weighted by atomic mass is 9.97. The molecule has 1 amide bonds. The molecule has 1 aromatic heterocycles. The number of hydrogen-bond donors (Lipinski definition) is 1. The summed E-state index contributed by atoms with van der Waals surface area (Å²) in [4.78, 5) is 26.0. The van der Waals surface area contributed by atoms with Gasteiger partial charge in [-0.15, -0.1) is 0 Å². The molecule has 0 bridgehead atoms. The zero-order chi connectivity index (χ0) is 21.6. The van der Waals surface area contributed by atoms with Crippen LogP contribution in [0.15, 0.2) is 54.9 Å². The van der Waals surface area contributed by atoms with Gasteiger partial charge in [-0.1, -0.05) is 25.1 Å². The van der Waals surface area contributed by atoms with Crippen LogP contribution in [0.1, 0.15) is 42.1 Å². The van der Waals surface area contributed by atoms with Crippen LogP contribution in [-0.4, -0.2) is 46.0 Å². The second kappa shape index (κ2) is 7.38. The first-order valence-electron chi connectivity index (χ1n) is 10.8.